The van der Waals surface area contributed by atoms with E-state index in [1.54, 1.807) is 0 Å². The zero-order valence-electron chi connectivity index (χ0n) is 13.9. The second-order valence-corrected chi connectivity index (χ2v) is 7.10. The van der Waals surface area contributed by atoms with Crippen LogP contribution >= 0.6 is 0 Å². The molecule has 3 nitrogen and oxygen atoms in total. The van der Waals surface area contributed by atoms with Crippen molar-refractivity contribution < 1.29 is 14.2 Å². The molecule has 0 aromatic heterocycles. The number of hydrogen-bond donors (Lipinski definition) is 0. The fourth-order valence-corrected chi connectivity index (χ4v) is 3.16. The second kappa shape index (κ2) is 6.49. The van der Waals surface area contributed by atoms with E-state index in [-0.39, 0.29) is 5.41 Å². The average molecular weight is 304 g/mol. The van der Waals surface area contributed by atoms with Gasteiger partial charge in [0.05, 0.1) is 31.8 Å². The van der Waals surface area contributed by atoms with Crippen LogP contribution in [0.5, 0.6) is 11.5 Å². The van der Waals surface area contributed by atoms with Crippen molar-refractivity contribution in [1.82, 2.24) is 0 Å². The number of rotatable bonds is 8. The first-order chi connectivity index (χ1) is 10.7. The Morgan fingerprint density at radius 2 is 1.36 bits per heavy atom. The minimum atomic E-state index is 0.229. The SMILES string of the molecule is CCC1(COc2ccc(OCC3(CC)COC3)cc2)CCC1. The minimum absolute atomic E-state index is 0.229. The Morgan fingerprint density at radius 1 is 0.864 bits per heavy atom. The summed E-state index contributed by atoms with van der Waals surface area (Å²) in [4.78, 5) is 0. The molecule has 2 aliphatic rings. The summed E-state index contributed by atoms with van der Waals surface area (Å²) < 4.78 is 17.2. The molecule has 0 radical (unpaired) electrons. The summed E-state index contributed by atoms with van der Waals surface area (Å²) in [5, 5.41) is 0. The van der Waals surface area contributed by atoms with Gasteiger partial charge < -0.3 is 14.2 Å². The number of hydrogen-bond acceptors (Lipinski definition) is 3. The summed E-state index contributed by atoms with van der Waals surface area (Å²) >= 11 is 0. The molecule has 1 aromatic rings. The molecule has 1 aliphatic carbocycles. The van der Waals surface area contributed by atoms with Crippen molar-refractivity contribution in [3.8, 4) is 11.5 Å². The van der Waals surface area contributed by atoms with Crippen molar-refractivity contribution in [3.63, 3.8) is 0 Å². The molecule has 1 aliphatic heterocycles. The zero-order chi connectivity index (χ0) is 15.5. The van der Waals surface area contributed by atoms with Crippen LogP contribution in [0.3, 0.4) is 0 Å². The first kappa shape index (κ1) is 15.7. The fourth-order valence-electron chi connectivity index (χ4n) is 3.16. The third-order valence-corrected chi connectivity index (χ3v) is 5.64. The van der Waals surface area contributed by atoms with Gasteiger partial charge >= 0.3 is 0 Å². The van der Waals surface area contributed by atoms with Gasteiger partial charge in [-0.15, -0.1) is 0 Å². The van der Waals surface area contributed by atoms with Crippen LogP contribution in [-0.2, 0) is 4.74 Å². The van der Waals surface area contributed by atoms with Gasteiger partial charge in [-0.2, -0.15) is 0 Å². The van der Waals surface area contributed by atoms with Crippen LogP contribution in [0.4, 0.5) is 0 Å². The normalized spacial score (nSPS) is 21.5. The van der Waals surface area contributed by atoms with Gasteiger partial charge in [0, 0.05) is 5.41 Å². The standard InChI is InChI=1S/C19H28O3/c1-3-18(10-5-11-18)14-21-16-6-8-17(9-7-16)22-15-19(4-2)12-20-13-19/h6-9H,3-5,10-15H2,1-2H3. The highest BCUT2D eigenvalue weighted by Gasteiger charge is 2.38. The Kier molecular flexibility index (Phi) is 4.62. The van der Waals surface area contributed by atoms with Crippen molar-refractivity contribution in [2.24, 2.45) is 10.8 Å². The Labute approximate surface area is 134 Å². The maximum absolute atomic E-state index is 5.98. The molecule has 0 bridgehead atoms. The molecule has 2 fully saturated rings. The average Bonchev–Trinajstić information content (AvgIpc) is 2.47. The molecule has 1 heterocycles. The molecule has 0 amide bonds. The quantitative estimate of drug-likeness (QED) is 0.710. The van der Waals surface area contributed by atoms with E-state index in [1.165, 1.54) is 25.7 Å². The molecule has 1 aromatic carbocycles. The molecule has 0 atom stereocenters. The molecule has 1 saturated heterocycles. The second-order valence-electron chi connectivity index (χ2n) is 7.10. The lowest BCUT2D eigenvalue weighted by Crippen LogP contribution is -2.46. The van der Waals surface area contributed by atoms with Crippen LogP contribution in [0.15, 0.2) is 24.3 Å². The summed E-state index contributed by atoms with van der Waals surface area (Å²) in [5.41, 5.74) is 0.666. The summed E-state index contributed by atoms with van der Waals surface area (Å²) in [5.74, 6) is 1.87. The molecule has 22 heavy (non-hydrogen) atoms. The summed E-state index contributed by atoms with van der Waals surface area (Å²) in [7, 11) is 0. The van der Waals surface area contributed by atoms with E-state index in [0.29, 0.717) is 5.41 Å². The van der Waals surface area contributed by atoms with Crippen LogP contribution in [-0.4, -0.2) is 26.4 Å². The first-order valence-electron chi connectivity index (χ1n) is 8.63. The van der Waals surface area contributed by atoms with Gasteiger partial charge in [0.25, 0.3) is 0 Å². The van der Waals surface area contributed by atoms with Crippen LogP contribution < -0.4 is 9.47 Å². The van der Waals surface area contributed by atoms with Crippen molar-refractivity contribution in [1.29, 1.82) is 0 Å². The van der Waals surface area contributed by atoms with E-state index >= 15 is 0 Å². The lowest BCUT2D eigenvalue weighted by atomic mass is 9.68. The van der Waals surface area contributed by atoms with Gasteiger partial charge in [-0.3, -0.25) is 0 Å². The zero-order valence-corrected chi connectivity index (χ0v) is 13.9. The Bertz CT molecular complexity index is 416. The molecule has 1 saturated carbocycles. The van der Waals surface area contributed by atoms with Gasteiger partial charge in [-0.1, -0.05) is 20.3 Å². The largest absolute Gasteiger partial charge is 0.493 e. The van der Waals surface area contributed by atoms with Gasteiger partial charge in [0.2, 0.25) is 0 Å². The number of benzene rings is 1. The fraction of sp³-hybridized carbons (Fsp3) is 0.684. The molecular formula is C19H28O3. The molecule has 3 rings (SSSR count). The number of ether oxygens (including phenoxy) is 3. The third-order valence-electron chi connectivity index (χ3n) is 5.64. The van der Waals surface area contributed by atoms with Crippen molar-refractivity contribution in [2.75, 3.05) is 26.4 Å². The lowest BCUT2D eigenvalue weighted by molar-refractivity contribution is -0.133. The molecule has 0 N–H and O–H groups in total. The van der Waals surface area contributed by atoms with Crippen LogP contribution in [0.1, 0.15) is 46.0 Å². The van der Waals surface area contributed by atoms with E-state index in [0.717, 1.165) is 44.3 Å². The maximum atomic E-state index is 5.98. The van der Waals surface area contributed by atoms with Crippen molar-refractivity contribution in [3.05, 3.63) is 24.3 Å². The van der Waals surface area contributed by atoms with Gasteiger partial charge in [-0.25, -0.2) is 0 Å². The molecule has 0 unspecified atom stereocenters. The molecular weight excluding hydrogens is 276 g/mol. The third kappa shape index (κ3) is 3.24. The Morgan fingerprint density at radius 3 is 1.68 bits per heavy atom. The summed E-state index contributed by atoms with van der Waals surface area (Å²) in [6, 6.07) is 8.07. The highest BCUT2D eigenvalue weighted by Crippen LogP contribution is 2.44. The topological polar surface area (TPSA) is 27.7 Å². The van der Waals surface area contributed by atoms with E-state index in [9.17, 15) is 0 Å². The Hall–Kier alpha value is -1.22. The first-order valence-corrected chi connectivity index (χ1v) is 8.63. The van der Waals surface area contributed by atoms with Crippen LogP contribution in [0, 0.1) is 10.8 Å². The van der Waals surface area contributed by atoms with Gasteiger partial charge in [-0.05, 0) is 49.9 Å². The highest BCUT2D eigenvalue weighted by molar-refractivity contribution is 5.31. The molecule has 3 heteroatoms. The monoisotopic (exact) mass is 304 g/mol. The van der Waals surface area contributed by atoms with Gasteiger partial charge in [0.1, 0.15) is 11.5 Å². The van der Waals surface area contributed by atoms with Crippen LogP contribution in [0.2, 0.25) is 0 Å². The summed E-state index contributed by atoms with van der Waals surface area (Å²) in [6.45, 7) is 7.70. The van der Waals surface area contributed by atoms with Crippen molar-refractivity contribution >= 4 is 0 Å². The van der Waals surface area contributed by atoms with E-state index < -0.39 is 0 Å². The maximum Gasteiger partial charge on any atom is 0.119 e. The minimum Gasteiger partial charge on any atom is -0.493 e. The molecule has 0 spiro atoms. The predicted molar refractivity (Wildman–Crippen MR) is 87.6 cm³/mol. The van der Waals surface area contributed by atoms with E-state index in [4.69, 9.17) is 14.2 Å². The van der Waals surface area contributed by atoms with E-state index in [1.807, 2.05) is 24.3 Å². The smallest absolute Gasteiger partial charge is 0.119 e. The van der Waals surface area contributed by atoms with Crippen molar-refractivity contribution in [2.45, 2.75) is 46.0 Å². The van der Waals surface area contributed by atoms with Crippen LogP contribution in [0.25, 0.3) is 0 Å². The summed E-state index contributed by atoms with van der Waals surface area (Å²) in [6.07, 6.45) is 6.30. The predicted octanol–water partition coefficient (Wildman–Crippen LogP) is 4.45. The lowest BCUT2D eigenvalue weighted by Gasteiger charge is -2.40. The molecule has 122 valence electrons. The highest BCUT2D eigenvalue weighted by atomic mass is 16.5. The Balaban J connectivity index is 1.47. The van der Waals surface area contributed by atoms with E-state index in [2.05, 4.69) is 13.8 Å². The van der Waals surface area contributed by atoms with Gasteiger partial charge in [0.15, 0.2) is 0 Å².